The number of nitrogens with zero attached hydrogens (tertiary/aromatic N) is 2. The van der Waals surface area contributed by atoms with E-state index >= 15 is 13.2 Å². The van der Waals surface area contributed by atoms with Crippen LogP contribution in [0.15, 0.2) is 48.8 Å². The number of fused-ring (bicyclic) bond motifs is 1. The molecule has 4 rings (SSSR count). The molecule has 0 N–H and O–H groups in total. The van der Waals surface area contributed by atoms with E-state index in [1.807, 2.05) is 24.3 Å². The molecule has 3 atom stereocenters. The molecule has 0 saturated heterocycles. The second-order valence-electron chi connectivity index (χ2n) is 12.4. The molecule has 3 unspecified atom stereocenters. The zero-order valence-corrected chi connectivity index (χ0v) is 27.7. The summed E-state index contributed by atoms with van der Waals surface area (Å²) in [5.41, 5.74) is 0.798. The first kappa shape index (κ1) is 34.0. The number of hydrogen-bond acceptors (Lipinski definition) is 4. The van der Waals surface area contributed by atoms with Gasteiger partial charge < -0.3 is 9.16 Å². The Morgan fingerprint density at radius 3 is 2.34 bits per heavy atom. The van der Waals surface area contributed by atoms with Crippen molar-refractivity contribution in [2.75, 3.05) is 0 Å². The molecule has 0 amide bonds. The molecule has 0 bridgehead atoms. The third kappa shape index (κ3) is 8.64. The quantitative estimate of drug-likeness (QED) is 0.104. The normalized spacial score (nSPS) is 16.8. The van der Waals surface area contributed by atoms with Crippen molar-refractivity contribution in [1.82, 2.24) is 9.97 Å². The van der Waals surface area contributed by atoms with Gasteiger partial charge in [0.1, 0.15) is 22.9 Å². The van der Waals surface area contributed by atoms with Crippen molar-refractivity contribution in [2.24, 2.45) is 11.8 Å². The predicted molar refractivity (Wildman–Crippen MR) is 173 cm³/mol. The van der Waals surface area contributed by atoms with Crippen molar-refractivity contribution >= 4 is 9.76 Å². The van der Waals surface area contributed by atoms with Gasteiger partial charge in [-0.15, -0.1) is 0 Å². The van der Waals surface area contributed by atoms with Crippen LogP contribution in [0.25, 0.3) is 22.5 Å². The smallest absolute Gasteiger partial charge is 0.315 e. The lowest BCUT2D eigenvalue weighted by Crippen LogP contribution is -2.30. The largest absolute Gasteiger partial charge is 0.540 e. The molecule has 2 aromatic carbocycles. The molecule has 1 aromatic heterocycles. The molecule has 3 aromatic rings. The van der Waals surface area contributed by atoms with Gasteiger partial charge in [0.2, 0.25) is 0 Å². The van der Waals surface area contributed by atoms with Gasteiger partial charge in [-0.3, -0.25) is 0 Å². The second kappa shape index (κ2) is 16.4. The number of halogens is 3. The van der Waals surface area contributed by atoms with E-state index in [-0.39, 0.29) is 23.6 Å². The van der Waals surface area contributed by atoms with E-state index in [4.69, 9.17) is 9.16 Å². The van der Waals surface area contributed by atoms with Gasteiger partial charge in [-0.25, -0.2) is 14.4 Å². The highest BCUT2D eigenvalue weighted by Gasteiger charge is 2.53. The number of benzene rings is 2. The minimum absolute atomic E-state index is 0.0512. The van der Waals surface area contributed by atoms with Crippen LogP contribution in [0.4, 0.5) is 13.2 Å². The average Bonchev–Trinajstić information content (AvgIpc) is 3.28. The summed E-state index contributed by atoms with van der Waals surface area (Å²) in [7, 11) is 0.336. The average molecular weight is 625 g/mol. The maximum atomic E-state index is 15.6. The van der Waals surface area contributed by atoms with Crippen LogP contribution in [0.2, 0.25) is 6.04 Å². The topological polar surface area (TPSA) is 44.2 Å². The van der Waals surface area contributed by atoms with Gasteiger partial charge in [0.05, 0.1) is 5.56 Å². The highest BCUT2D eigenvalue weighted by Crippen LogP contribution is 2.50. The van der Waals surface area contributed by atoms with E-state index in [9.17, 15) is 0 Å². The van der Waals surface area contributed by atoms with Crippen molar-refractivity contribution in [3.63, 3.8) is 0 Å². The van der Waals surface area contributed by atoms with Crippen LogP contribution in [0, 0.1) is 17.7 Å². The molecule has 2 radical (unpaired) electrons. The Kier molecular flexibility index (Phi) is 12.7. The molecule has 44 heavy (non-hydrogen) atoms. The molecule has 0 aliphatic carbocycles. The summed E-state index contributed by atoms with van der Waals surface area (Å²) < 4.78 is 58.0. The van der Waals surface area contributed by atoms with Gasteiger partial charge >= 0.3 is 15.7 Å². The Balaban J connectivity index is 1.39. The van der Waals surface area contributed by atoms with Crippen LogP contribution < -0.4 is 9.16 Å². The summed E-state index contributed by atoms with van der Waals surface area (Å²) >= 11 is 0. The molecular formula is C36H47F3N2O2Si. The summed E-state index contributed by atoms with van der Waals surface area (Å²) in [5, 5.41) is 0. The first-order valence-corrected chi connectivity index (χ1v) is 17.6. The van der Waals surface area contributed by atoms with E-state index in [0.717, 1.165) is 55.4 Å². The summed E-state index contributed by atoms with van der Waals surface area (Å²) in [4.78, 5) is 8.75. The third-order valence-electron chi connectivity index (χ3n) is 8.55. The zero-order valence-electron chi connectivity index (χ0n) is 26.7. The highest BCUT2D eigenvalue weighted by molar-refractivity contribution is 6.28. The van der Waals surface area contributed by atoms with Crippen molar-refractivity contribution < 1.29 is 22.3 Å². The molecule has 1 aliphatic rings. The number of rotatable bonds is 18. The maximum absolute atomic E-state index is 15.6. The van der Waals surface area contributed by atoms with Crippen molar-refractivity contribution in [2.45, 2.75) is 116 Å². The Hall–Kier alpha value is -2.87. The molecule has 238 valence electrons. The number of ether oxygens (including phenoxy) is 1. The zero-order chi connectivity index (χ0) is 31.5. The maximum Gasteiger partial charge on any atom is 0.315 e. The SMILES string of the molecule is CCCCCCCC1Oc2ccc(-c3ncc(-c4ccccc4O[Si]CCC(C)CC(C)CCCC)cn3)c(F)c2C1(F)F. The molecule has 0 saturated carbocycles. The molecule has 1 aliphatic heterocycles. The van der Waals surface area contributed by atoms with Crippen LogP contribution in [0.5, 0.6) is 11.5 Å². The predicted octanol–water partition coefficient (Wildman–Crippen LogP) is 10.8. The van der Waals surface area contributed by atoms with E-state index < -0.39 is 23.4 Å². The Labute approximate surface area is 264 Å². The fourth-order valence-corrected chi connectivity index (χ4v) is 7.06. The summed E-state index contributed by atoms with van der Waals surface area (Å²) in [6.07, 6.45) is 12.9. The first-order valence-electron chi connectivity index (χ1n) is 16.4. The lowest BCUT2D eigenvalue weighted by atomic mass is 9.92. The first-order chi connectivity index (χ1) is 21.3. The van der Waals surface area contributed by atoms with E-state index in [1.54, 1.807) is 12.4 Å². The number of aromatic nitrogens is 2. The van der Waals surface area contributed by atoms with E-state index in [1.165, 1.54) is 37.8 Å². The molecule has 2 heterocycles. The van der Waals surface area contributed by atoms with Crippen LogP contribution in [0.1, 0.15) is 104 Å². The molecule has 0 spiro atoms. The molecule has 0 fully saturated rings. The lowest BCUT2D eigenvalue weighted by Gasteiger charge is -2.18. The van der Waals surface area contributed by atoms with Gasteiger partial charge in [0, 0.05) is 23.5 Å². The van der Waals surface area contributed by atoms with Crippen LogP contribution in [0.3, 0.4) is 0 Å². The number of hydrogen-bond donors (Lipinski definition) is 0. The van der Waals surface area contributed by atoms with Gasteiger partial charge in [-0.05, 0) is 55.3 Å². The van der Waals surface area contributed by atoms with Gasteiger partial charge in [0.15, 0.2) is 11.9 Å². The highest BCUT2D eigenvalue weighted by atomic mass is 28.2. The van der Waals surface area contributed by atoms with E-state index in [2.05, 4.69) is 37.7 Å². The van der Waals surface area contributed by atoms with Crippen LogP contribution in [-0.2, 0) is 5.92 Å². The summed E-state index contributed by atoms with van der Waals surface area (Å²) in [5.74, 6) is -2.31. The molecule has 4 nitrogen and oxygen atoms in total. The Morgan fingerprint density at radius 1 is 0.886 bits per heavy atom. The van der Waals surface area contributed by atoms with Crippen LogP contribution >= 0.6 is 0 Å². The fraction of sp³-hybridized carbons (Fsp3) is 0.556. The van der Waals surface area contributed by atoms with Crippen LogP contribution in [-0.4, -0.2) is 25.8 Å². The molecular weight excluding hydrogens is 577 g/mol. The third-order valence-corrected chi connectivity index (χ3v) is 9.40. The lowest BCUT2D eigenvalue weighted by molar-refractivity contribution is -0.0811. The number of alkyl halides is 2. The van der Waals surface area contributed by atoms with Crippen molar-refractivity contribution in [1.29, 1.82) is 0 Å². The number of para-hydroxylation sites is 1. The summed E-state index contributed by atoms with van der Waals surface area (Å²) in [6.45, 7) is 9.02. The molecule has 8 heteroatoms. The summed E-state index contributed by atoms with van der Waals surface area (Å²) in [6, 6.07) is 11.5. The Bertz CT molecular complexity index is 1320. The number of unbranched alkanes of at least 4 members (excludes halogenated alkanes) is 5. The van der Waals surface area contributed by atoms with Crippen molar-refractivity contribution in [3.8, 4) is 34.0 Å². The monoisotopic (exact) mass is 624 g/mol. The fourth-order valence-electron chi connectivity index (χ4n) is 6.01. The minimum Gasteiger partial charge on any atom is -0.540 e. The van der Waals surface area contributed by atoms with Gasteiger partial charge in [-0.1, -0.05) is 97.3 Å². The van der Waals surface area contributed by atoms with Gasteiger partial charge in [-0.2, -0.15) is 8.78 Å². The van der Waals surface area contributed by atoms with Gasteiger partial charge in [0.25, 0.3) is 0 Å². The standard InChI is InChI=1S/C36H47F3N2O2Si/c1-5-7-9-10-11-17-32-36(38,39)33-31(42-32)19-18-29(34(33)37)35-40-23-27(24-41-35)28-15-12-13-16-30(28)43-44-21-20-26(4)22-25(3)14-8-6-2/h12-13,15-16,18-19,23-26,32H,5-11,14,17,20-22H2,1-4H3. The second-order valence-corrected chi connectivity index (χ2v) is 13.4. The Morgan fingerprint density at radius 2 is 1.59 bits per heavy atom. The van der Waals surface area contributed by atoms with E-state index in [0.29, 0.717) is 27.7 Å². The minimum atomic E-state index is -3.41. The van der Waals surface area contributed by atoms with Crippen molar-refractivity contribution in [3.05, 3.63) is 60.2 Å².